The molecule has 114 valence electrons. The van der Waals surface area contributed by atoms with E-state index in [9.17, 15) is 8.42 Å². The minimum Gasteiger partial charge on any atom is -0.398 e. The molecule has 1 aromatic rings. The summed E-state index contributed by atoms with van der Waals surface area (Å²) in [4.78, 5) is 0.386. The second-order valence-corrected chi connectivity index (χ2v) is 7.14. The normalized spacial score (nSPS) is 12.1. The van der Waals surface area contributed by atoms with Gasteiger partial charge < -0.3 is 5.73 Å². The van der Waals surface area contributed by atoms with Crippen molar-refractivity contribution in [3.8, 4) is 0 Å². The van der Waals surface area contributed by atoms with E-state index in [2.05, 4.69) is 0 Å². The summed E-state index contributed by atoms with van der Waals surface area (Å²) in [5.41, 5.74) is 8.87. The van der Waals surface area contributed by atoms with Crippen molar-refractivity contribution in [1.82, 2.24) is 4.31 Å². The molecule has 0 saturated carbocycles. The number of aryl methyl sites for hydroxylation is 1. The number of sulfonamides is 1. The third kappa shape index (κ3) is 3.15. The van der Waals surface area contributed by atoms with Crippen molar-refractivity contribution in [2.45, 2.75) is 52.4 Å². The molecule has 1 aromatic carbocycles. The van der Waals surface area contributed by atoms with Gasteiger partial charge in [-0.25, -0.2) is 8.42 Å². The topological polar surface area (TPSA) is 63.4 Å². The third-order valence-corrected chi connectivity index (χ3v) is 5.79. The van der Waals surface area contributed by atoms with E-state index in [1.54, 1.807) is 11.2 Å². The minimum atomic E-state index is -3.48. The van der Waals surface area contributed by atoms with Crippen LogP contribution in [-0.4, -0.2) is 25.8 Å². The summed E-state index contributed by atoms with van der Waals surface area (Å²) in [5, 5.41) is 0. The van der Waals surface area contributed by atoms with Crippen LogP contribution in [0.3, 0.4) is 0 Å². The molecule has 0 saturated heterocycles. The zero-order valence-corrected chi connectivity index (χ0v) is 14.0. The number of hydrogen-bond acceptors (Lipinski definition) is 3. The second-order valence-electron chi connectivity index (χ2n) is 5.27. The van der Waals surface area contributed by atoms with Gasteiger partial charge in [0.2, 0.25) is 10.0 Å². The van der Waals surface area contributed by atoms with Gasteiger partial charge in [0.15, 0.2) is 0 Å². The highest BCUT2D eigenvalue weighted by Gasteiger charge is 2.28. The van der Waals surface area contributed by atoms with Crippen LogP contribution >= 0.6 is 0 Å². The average Bonchev–Trinajstić information content (AvgIpc) is 2.36. The highest BCUT2D eigenvalue weighted by atomic mass is 32.2. The molecule has 0 bridgehead atoms. The largest absolute Gasteiger partial charge is 0.398 e. The lowest BCUT2D eigenvalue weighted by molar-refractivity contribution is 0.409. The number of nitrogens with two attached hydrogens (primary N) is 1. The summed E-state index contributed by atoms with van der Waals surface area (Å²) in [5.74, 6) is 0. The predicted molar refractivity (Wildman–Crippen MR) is 84.4 cm³/mol. The van der Waals surface area contributed by atoms with Crippen molar-refractivity contribution in [1.29, 1.82) is 0 Å². The van der Waals surface area contributed by atoms with Crippen LogP contribution in [0.4, 0.5) is 5.69 Å². The minimum absolute atomic E-state index is 0.386. The number of hydrogen-bond donors (Lipinski definition) is 1. The van der Waals surface area contributed by atoms with Gasteiger partial charge in [-0.15, -0.1) is 0 Å². The lowest BCUT2D eigenvalue weighted by atomic mass is 10.1. The molecule has 1 rings (SSSR count). The molecule has 0 aliphatic carbocycles. The molecule has 2 N–H and O–H groups in total. The molecule has 4 nitrogen and oxygen atoms in total. The van der Waals surface area contributed by atoms with Crippen LogP contribution in [-0.2, 0) is 10.0 Å². The van der Waals surface area contributed by atoms with Gasteiger partial charge in [0.05, 0.1) is 4.90 Å². The molecule has 0 heterocycles. The molecule has 0 atom stereocenters. The van der Waals surface area contributed by atoms with Crippen molar-refractivity contribution < 1.29 is 8.42 Å². The first-order valence-electron chi connectivity index (χ1n) is 7.13. The maximum Gasteiger partial charge on any atom is 0.243 e. The zero-order valence-electron chi connectivity index (χ0n) is 13.2. The smallest absolute Gasteiger partial charge is 0.243 e. The summed E-state index contributed by atoms with van der Waals surface area (Å²) in [6.45, 7) is 10.6. The zero-order chi connectivity index (χ0) is 15.5. The number of rotatable bonds is 6. The lowest BCUT2D eigenvalue weighted by Crippen LogP contribution is -2.33. The lowest BCUT2D eigenvalue weighted by Gasteiger charge is -2.24. The molecule has 5 heteroatoms. The van der Waals surface area contributed by atoms with Crippen molar-refractivity contribution in [2.24, 2.45) is 0 Å². The van der Waals surface area contributed by atoms with Gasteiger partial charge in [0, 0.05) is 18.8 Å². The number of nitrogen functional groups attached to an aromatic ring is 1. The standard InChI is InChI=1S/C15H26N2O2S/c1-6-8-17(9-7-2)20(18,19)15-12(4)11(3)10-14(16)13(15)5/h10H,6-9,16H2,1-5H3. The SMILES string of the molecule is CCCN(CCC)S(=O)(=O)c1c(C)c(C)cc(N)c1C. The first-order chi connectivity index (χ1) is 9.27. The Kier molecular flexibility index (Phi) is 5.59. The van der Waals surface area contributed by atoms with Crippen molar-refractivity contribution >= 4 is 15.7 Å². The molecule has 0 aliphatic rings. The Bertz CT molecular complexity index is 548. The Morgan fingerprint density at radius 1 is 1.05 bits per heavy atom. The van der Waals surface area contributed by atoms with Crippen LogP contribution in [0.1, 0.15) is 43.4 Å². The van der Waals surface area contributed by atoms with Gasteiger partial charge in [-0.2, -0.15) is 4.31 Å². The van der Waals surface area contributed by atoms with E-state index in [1.807, 2.05) is 33.8 Å². The molecule has 0 radical (unpaired) electrons. The molecule has 0 aliphatic heterocycles. The maximum atomic E-state index is 12.9. The van der Waals surface area contributed by atoms with Crippen molar-refractivity contribution in [3.63, 3.8) is 0 Å². The van der Waals surface area contributed by atoms with E-state index < -0.39 is 10.0 Å². The summed E-state index contributed by atoms with van der Waals surface area (Å²) in [6, 6.07) is 1.84. The summed E-state index contributed by atoms with van der Waals surface area (Å²) in [6.07, 6.45) is 1.61. The Morgan fingerprint density at radius 2 is 1.55 bits per heavy atom. The Morgan fingerprint density at radius 3 is 2.00 bits per heavy atom. The Labute approximate surface area is 123 Å². The van der Waals surface area contributed by atoms with Crippen LogP contribution < -0.4 is 5.73 Å². The Hall–Kier alpha value is -1.07. The van der Waals surface area contributed by atoms with Crippen molar-refractivity contribution in [3.05, 3.63) is 22.8 Å². The predicted octanol–water partition coefficient (Wildman–Crippen LogP) is 3.00. The fourth-order valence-electron chi connectivity index (χ4n) is 2.41. The maximum absolute atomic E-state index is 12.9. The molecule has 0 amide bonds. The van der Waals surface area contributed by atoms with E-state index in [0.29, 0.717) is 29.2 Å². The summed E-state index contributed by atoms with van der Waals surface area (Å²) < 4.78 is 27.4. The van der Waals surface area contributed by atoms with Gasteiger partial charge in [-0.05, 0) is 56.4 Å². The van der Waals surface area contributed by atoms with Gasteiger partial charge in [-0.1, -0.05) is 13.8 Å². The first kappa shape index (κ1) is 17.0. The first-order valence-corrected chi connectivity index (χ1v) is 8.57. The van der Waals surface area contributed by atoms with Crippen LogP contribution in [0.2, 0.25) is 0 Å². The molecule has 0 unspecified atom stereocenters. The van der Waals surface area contributed by atoms with E-state index in [1.165, 1.54) is 0 Å². The van der Waals surface area contributed by atoms with Crippen LogP contribution in [0.15, 0.2) is 11.0 Å². The van der Waals surface area contributed by atoms with Gasteiger partial charge in [-0.3, -0.25) is 0 Å². The van der Waals surface area contributed by atoms with Gasteiger partial charge in [0.25, 0.3) is 0 Å². The van der Waals surface area contributed by atoms with Crippen LogP contribution in [0.5, 0.6) is 0 Å². The molecule has 0 spiro atoms. The molecule has 0 aromatic heterocycles. The van der Waals surface area contributed by atoms with Crippen LogP contribution in [0, 0.1) is 20.8 Å². The van der Waals surface area contributed by atoms with E-state index >= 15 is 0 Å². The van der Waals surface area contributed by atoms with E-state index in [-0.39, 0.29) is 0 Å². The Balaban J connectivity index is 3.48. The quantitative estimate of drug-likeness (QED) is 0.821. The second kappa shape index (κ2) is 6.59. The molecule has 0 fully saturated rings. The third-order valence-electron chi connectivity index (χ3n) is 3.62. The summed E-state index contributed by atoms with van der Waals surface area (Å²) >= 11 is 0. The number of nitrogens with zero attached hydrogens (tertiary/aromatic N) is 1. The van der Waals surface area contributed by atoms with Crippen molar-refractivity contribution in [2.75, 3.05) is 18.8 Å². The van der Waals surface area contributed by atoms with E-state index in [4.69, 9.17) is 5.73 Å². The fourth-order valence-corrected chi connectivity index (χ4v) is 4.56. The summed E-state index contributed by atoms with van der Waals surface area (Å²) in [7, 11) is -3.48. The monoisotopic (exact) mass is 298 g/mol. The fraction of sp³-hybridized carbons (Fsp3) is 0.600. The molecular formula is C15H26N2O2S. The average molecular weight is 298 g/mol. The van der Waals surface area contributed by atoms with Gasteiger partial charge >= 0.3 is 0 Å². The molecule has 20 heavy (non-hydrogen) atoms. The van der Waals surface area contributed by atoms with E-state index in [0.717, 1.165) is 24.0 Å². The van der Waals surface area contributed by atoms with Gasteiger partial charge in [0.1, 0.15) is 0 Å². The number of anilines is 1. The molecular weight excluding hydrogens is 272 g/mol. The highest BCUT2D eigenvalue weighted by molar-refractivity contribution is 7.89. The number of benzene rings is 1. The van der Waals surface area contributed by atoms with Crippen LogP contribution in [0.25, 0.3) is 0 Å². The highest BCUT2D eigenvalue weighted by Crippen LogP contribution is 2.30.